The van der Waals surface area contributed by atoms with Crippen LogP contribution in [0.1, 0.15) is 30.4 Å². The van der Waals surface area contributed by atoms with Crippen LogP contribution in [0, 0.1) is 6.92 Å². The summed E-state index contributed by atoms with van der Waals surface area (Å²) in [6, 6.07) is 5.26. The summed E-state index contributed by atoms with van der Waals surface area (Å²) in [6.07, 6.45) is -3.85. The molecule has 2 aromatic heterocycles. The van der Waals surface area contributed by atoms with Gasteiger partial charge in [-0.25, -0.2) is 19.9 Å². The molecule has 34 heavy (non-hydrogen) atoms. The number of methoxy groups -OCH3 is 2. The third kappa shape index (κ3) is 5.90. The zero-order valence-corrected chi connectivity index (χ0v) is 19.4. The molecule has 11 heteroatoms. The molecule has 1 aromatic carbocycles. The second-order valence-corrected chi connectivity index (χ2v) is 7.43. The summed E-state index contributed by atoms with van der Waals surface area (Å²) in [5, 5.41) is 3.67. The Hall–Kier alpha value is -3.47. The molecule has 1 atom stereocenters. The lowest BCUT2D eigenvalue weighted by molar-refractivity contribution is -0.137. The van der Waals surface area contributed by atoms with E-state index in [-0.39, 0.29) is 24.2 Å². The molecule has 8 nitrogen and oxygen atoms in total. The van der Waals surface area contributed by atoms with Gasteiger partial charge in [0.15, 0.2) is 17.3 Å². The van der Waals surface area contributed by atoms with Gasteiger partial charge >= 0.3 is 6.18 Å². The monoisotopic (exact) mass is 477 g/mol. The van der Waals surface area contributed by atoms with Crippen molar-refractivity contribution in [3.63, 3.8) is 0 Å². The SMILES string of the molecule is C=Nc1cc(C(F)(F)F)cc(CNc2nc(C)nc3cc(OC)c(OCC(CC)OC)cc23)n1. The number of hydrogen-bond acceptors (Lipinski definition) is 8. The van der Waals surface area contributed by atoms with Crippen LogP contribution >= 0.6 is 0 Å². The third-order valence-electron chi connectivity index (χ3n) is 5.10. The number of halogens is 3. The van der Waals surface area contributed by atoms with Gasteiger partial charge in [0, 0.05) is 18.6 Å². The highest BCUT2D eigenvalue weighted by Crippen LogP contribution is 2.35. The molecular formula is C23H26F3N5O3. The van der Waals surface area contributed by atoms with Gasteiger partial charge in [-0.05, 0) is 38.3 Å². The molecule has 0 bridgehead atoms. The second kappa shape index (κ2) is 10.6. The Balaban J connectivity index is 1.96. The Labute approximate surface area is 195 Å². The van der Waals surface area contributed by atoms with Crippen LogP contribution in [0.2, 0.25) is 0 Å². The van der Waals surface area contributed by atoms with Crippen LogP contribution in [0.15, 0.2) is 29.3 Å². The zero-order valence-electron chi connectivity index (χ0n) is 19.4. The Morgan fingerprint density at radius 1 is 1.09 bits per heavy atom. The van der Waals surface area contributed by atoms with Gasteiger partial charge in [0.05, 0.1) is 36.5 Å². The number of rotatable bonds is 10. The van der Waals surface area contributed by atoms with Crippen LogP contribution in [0.4, 0.5) is 24.8 Å². The summed E-state index contributed by atoms with van der Waals surface area (Å²) in [5.74, 6) is 1.74. The number of benzene rings is 1. The molecule has 0 saturated heterocycles. The lowest BCUT2D eigenvalue weighted by Crippen LogP contribution is -2.19. The first-order valence-electron chi connectivity index (χ1n) is 10.5. The van der Waals surface area contributed by atoms with Crippen LogP contribution in [0.5, 0.6) is 11.5 Å². The number of aryl methyl sites for hydroxylation is 1. The van der Waals surface area contributed by atoms with Crippen LogP contribution in [-0.2, 0) is 17.5 Å². The predicted octanol–water partition coefficient (Wildman–Crippen LogP) is 5.11. The summed E-state index contributed by atoms with van der Waals surface area (Å²) in [4.78, 5) is 16.5. The number of pyridine rings is 1. The summed E-state index contributed by atoms with van der Waals surface area (Å²) < 4.78 is 56.5. The average Bonchev–Trinajstić information content (AvgIpc) is 2.81. The molecule has 3 aromatic rings. The van der Waals surface area contributed by atoms with Crippen molar-refractivity contribution >= 4 is 29.3 Å². The number of anilines is 1. The fourth-order valence-corrected chi connectivity index (χ4v) is 3.28. The quantitative estimate of drug-likeness (QED) is 0.406. The fourth-order valence-electron chi connectivity index (χ4n) is 3.28. The van der Waals surface area contributed by atoms with E-state index in [4.69, 9.17) is 14.2 Å². The molecule has 0 aliphatic heterocycles. The van der Waals surface area contributed by atoms with Gasteiger partial charge in [-0.1, -0.05) is 6.92 Å². The highest BCUT2D eigenvalue weighted by Gasteiger charge is 2.31. The number of nitrogens with zero attached hydrogens (tertiary/aromatic N) is 4. The highest BCUT2D eigenvalue weighted by molar-refractivity contribution is 5.91. The molecule has 3 rings (SSSR count). The lowest BCUT2D eigenvalue weighted by Gasteiger charge is -2.17. The van der Waals surface area contributed by atoms with Crippen molar-refractivity contribution < 1.29 is 27.4 Å². The first kappa shape index (κ1) is 25.2. The Bertz CT molecular complexity index is 1170. The van der Waals surface area contributed by atoms with Crippen LogP contribution < -0.4 is 14.8 Å². The minimum absolute atomic E-state index is 0.0260. The molecule has 0 aliphatic rings. The molecule has 2 heterocycles. The Kier molecular flexibility index (Phi) is 7.87. The molecule has 0 amide bonds. The highest BCUT2D eigenvalue weighted by atomic mass is 19.4. The molecule has 0 fully saturated rings. The van der Waals surface area contributed by atoms with Gasteiger partial charge in [-0.3, -0.25) is 0 Å². The van der Waals surface area contributed by atoms with E-state index in [0.29, 0.717) is 40.7 Å². The lowest BCUT2D eigenvalue weighted by atomic mass is 10.2. The maximum Gasteiger partial charge on any atom is 0.416 e. The molecule has 182 valence electrons. The third-order valence-corrected chi connectivity index (χ3v) is 5.10. The number of fused-ring (bicyclic) bond motifs is 1. The maximum atomic E-state index is 13.2. The van der Waals surface area contributed by atoms with Crippen LogP contribution in [0.25, 0.3) is 10.9 Å². The summed E-state index contributed by atoms with van der Waals surface area (Å²) in [5.41, 5.74) is -0.129. The van der Waals surface area contributed by atoms with Gasteiger partial charge in [0.25, 0.3) is 0 Å². The predicted molar refractivity (Wildman–Crippen MR) is 123 cm³/mol. The van der Waals surface area contributed by atoms with Crippen molar-refractivity contribution in [2.45, 2.75) is 39.1 Å². The molecule has 0 aliphatic carbocycles. The first-order chi connectivity index (χ1) is 16.2. The summed E-state index contributed by atoms with van der Waals surface area (Å²) in [6.45, 7) is 7.27. The van der Waals surface area contributed by atoms with Gasteiger partial charge in [0.2, 0.25) is 0 Å². The normalized spacial score (nSPS) is 12.4. The minimum Gasteiger partial charge on any atom is -0.493 e. The van der Waals surface area contributed by atoms with E-state index in [2.05, 4.69) is 32.0 Å². The minimum atomic E-state index is -4.53. The largest absolute Gasteiger partial charge is 0.493 e. The number of hydrogen-bond donors (Lipinski definition) is 1. The van der Waals surface area contributed by atoms with E-state index in [1.807, 2.05) is 6.92 Å². The van der Waals surface area contributed by atoms with Crippen molar-refractivity contribution in [3.8, 4) is 11.5 Å². The van der Waals surface area contributed by atoms with Gasteiger partial charge in [-0.15, -0.1) is 0 Å². The van der Waals surface area contributed by atoms with Crippen molar-refractivity contribution in [2.24, 2.45) is 4.99 Å². The van der Waals surface area contributed by atoms with E-state index in [1.54, 1.807) is 26.2 Å². The number of ether oxygens (including phenoxy) is 3. The number of aromatic nitrogens is 3. The Morgan fingerprint density at radius 3 is 2.47 bits per heavy atom. The molecular weight excluding hydrogens is 451 g/mol. The maximum absolute atomic E-state index is 13.2. The molecule has 1 unspecified atom stereocenters. The molecule has 0 saturated carbocycles. The Morgan fingerprint density at radius 2 is 1.85 bits per heavy atom. The molecule has 0 spiro atoms. The second-order valence-electron chi connectivity index (χ2n) is 7.43. The zero-order chi connectivity index (χ0) is 24.9. The van der Waals surface area contributed by atoms with E-state index < -0.39 is 11.7 Å². The average molecular weight is 477 g/mol. The standard InChI is InChI=1S/C23H26F3N5O3/c1-6-16(32-4)12-34-20-9-17-18(10-19(20)33-5)29-13(2)30-22(17)28-11-15-7-14(23(24,25)26)8-21(27-3)31-15/h7-10,16H,3,6,11-12H2,1-2,4-5H3,(H,28,29,30). The number of alkyl halides is 3. The van der Waals surface area contributed by atoms with Crippen LogP contribution in [0.3, 0.4) is 0 Å². The smallest absolute Gasteiger partial charge is 0.416 e. The van der Waals surface area contributed by atoms with Gasteiger partial charge in [-0.2, -0.15) is 13.2 Å². The van der Waals surface area contributed by atoms with Crippen LogP contribution in [-0.4, -0.2) is 48.6 Å². The molecule has 0 radical (unpaired) electrons. The topological polar surface area (TPSA) is 90.8 Å². The summed E-state index contributed by atoms with van der Waals surface area (Å²) >= 11 is 0. The first-order valence-corrected chi connectivity index (χ1v) is 10.5. The number of nitrogens with one attached hydrogen (secondary N) is 1. The summed E-state index contributed by atoms with van der Waals surface area (Å²) in [7, 11) is 3.14. The number of aliphatic imine (C=N–C) groups is 1. The van der Waals surface area contributed by atoms with Gasteiger partial charge < -0.3 is 19.5 Å². The fraction of sp³-hybridized carbons (Fsp3) is 0.391. The van der Waals surface area contributed by atoms with Crippen molar-refractivity contribution in [3.05, 3.63) is 41.3 Å². The molecule has 1 N–H and O–H groups in total. The van der Waals surface area contributed by atoms with E-state index in [9.17, 15) is 13.2 Å². The van der Waals surface area contributed by atoms with Gasteiger partial charge in [0.1, 0.15) is 18.2 Å². The van der Waals surface area contributed by atoms with E-state index in [0.717, 1.165) is 18.6 Å². The van der Waals surface area contributed by atoms with Crippen molar-refractivity contribution in [1.29, 1.82) is 0 Å². The van der Waals surface area contributed by atoms with E-state index >= 15 is 0 Å². The van der Waals surface area contributed by atoms with Crippen molar-refractivity contribution in [1.82, 2.24) is 15.0 Å². The van der Waals surface area contributed by atoms with Crippen molar-refractivity contribution in [2.75, 3.05) is 26.1 Å². The van der Waals surface area contributed by atoms with E-state index in [1.165, 1.54) is 7.11 Å².